The summed E-state index contributed by atoms with van der Waals surface area (Å²) >= 11 is 3.56. The van der Waals surface area contributed by atoms with Crippen molar-refractivity contribution >= 4 is 15.9 Å². The minimum Gasteiger partial charge on any atom is -0.324 e. The monoisotopic (exact) mass is 239 g/mol. The van der Waals surface area contributed by atoms with Gasteiger partial charge in [0.15, 0.2) is 0 Å². The average molecular weight is 240 g/mol. The molecular weight excluding hydrogens is 226 g/mol. The smallest absolute Gasteiger partial charge is 0.0334 e. The molecule has 13 heavy (non-hydrogen) atoms. The Morgan fingerprint density at radius 3 is 2.69 bits per heavy atom. The summed E-state index contributed by atoms with van der Waals surface area (Å²) in [5, 5.41) is 0. The quantitative estimate of drug-likeness (QED) is 0.844. The molecule has 2 N–H and O–H groups in total. The summed E-state index contributed by atoms with van der Waals surface area (Å²) < 4.78 is 1.16. The molecule has 0 bridgehead atoms. The number of hydrogen-bond acceptors (Lipinski definition) is 1. The number of rotatable bonds is 2. The van der Waals surface area contributed by atoms with Crippen LogP contribution in [0.15, 0.2) is 22.7 Å². The third-order valence-corrected chi connectivity index (χ3v) is 3.33. The van der Waals surface area contributed by atoms with Gasteiger partial charge in [-0.2, -0.15) is 0 Å². The maximum absolute atomic E-state index is 6.12. The fourth-order valence-electron chi connectivity index (χ4n) is 1.61. The van der Waals surface area contributed by atoms with Gasteiger partial charge >= 0.3 is 0 Å². The van der Waals surface area contributed by atoms with Crippen LogP contribution in [0.3, 0.4) is 0 Å². The third-order valence-electron chi connectivity index (χ3n) is 2.64. The molecule has 1 saturated carbocycles. The molecule has 1 nitrogen and oxygen atoms in total. The Morgan fingerprint density at radius 2 is 2.15 bits per heavy atom. The van der Waals surface area contributed by atoms with E-state index in [1.165, 1.54) is 24.0 Å². The Labute approximate surface area is 87.5 Å². The van der Waals surface area contributed by atoms with Crippen LogP contribution in [0, 0.1) is 12.8 Å². The van der Waals surface area contributed by atoms with E-state index in [1.807, 2.05) is 0 Å². The van der Waals surface area contributed by atoms with Gasteiger partial charge in [-0.1, -0.05) is 28.1 Å². The van der Waals surface area contributed by atoms with Crippen LogP contribution in [0.2, 0.25) is 0 Å². The number of benzene rings is 1. The number of aryl methyl sites for hydroxylation is 1. The molecule has 0 aliphatic heterocycles. The molecule has 1 aliphatic rings. The lowest BCUT2D eigenvalue weighted by Crippen LogP contribution is -2.12. The van der Waals surface area contributed by atoms with Crippen molar-refractivity contribution in [2.24, 2.45) is 11.7 Å². The zero-order chi connectivity index (χ0) is 9.42. The summed E-state index contributed by atoms with van der Waals surface area (Å²) in [6, 6.07) is 6.64. The van der Waals surface area contributed by atoms with Crippen LogP contribution in [-0.2, 0) is 0 Å². The first-order chi connectivity index (χ1) is 6.18. The summed E-state index contributed by atoms with van der Waals surface area (Å²) in [6.45, 7) is 2.09. The number of hydrogen-bond donors (Lipinski definition) is 1. The lowest BCUT2D eigenvalue weighted by atomic mass is 10.0. The largest absolute Gasteiger partial charge is 0.324 e. The maximum Gasteiger partial charge on any atom is 0.0334 e. The first kappa shape index (κ1) is 9.22. The van der Waals surface area contributed by atoms with Crippen LogP contribution >= 0.6 is 15.9 Å². The maximum atomic E-state index is 6.12. The highest BCUT2D eigenvalue weighted by molar-refractivity contribution is 9.10. The average Bonchev–Trinajstić information content (AvgIpc) is 2.85. The molecule has 0 spiro atoms. The molecule has 1 aromatic carbocycles. The van der Waals surface area contributed by atoms with Crippen LogP contribution in [0.4, 0.5) is 0 Å². The Kier molecular flexibility index (Phi) is 2.43. The molecule has 0 aromatic heterocycles. The van der Waals surface area contributed by atoms with Crippen molar-refractivity contribution in [1.82, 2.24) is 0 Å². The first-order valence-corrected chi connectivity index (χ1v) is 5.49. The molecule has 0 amide bonds. The Balaban J connectivity index is 2.28. The summed E-state index contributed by atoms with van der Waals surface area (Å²) in [5.41, 5.74) is 8.66. The molecule has 1 aromatic rings. The van der Waals surface area contributed by atoms with Crippen molar-refractivity contribution < 1.29 is 0 Å². The fraction of sp³-hybridized carbons (Fsp3) is 0.455. The zero-order valence-corrected chi connectivity index (χ0v) is 9.34. The van der Waals surface area contributed by atoms with Gasteiger partial charge < -0.3 is 5.73 Å². The van der Waals surface area contributed by atoms with E-state index in [0.29, 0.717) is 0 Å². The molecule has 2 heteroatoms. The predicted molar refractivity (Wildman–Crippen MR) is 58.5 cm³/mol. The Hall–Kier alpha value is -0.340. The molecule has 1 aliphatic carbocycles. The molecule has 0 heterocycles. The molecule has 0 unspecified atom stereocenters. The SMILES string of the molecule is Cc1ccc([C@H](N)C2CC2)c(Br)c1. The lowest BCUT2D eigenvalue weighted by molar-refractivity contribution is 0.630. The van der Waals surface area contributed by atoms with E-state index < -0.39 is 0 Å². The molecule has 1 atom stereocenters. The minimum absolute atomic E-state index is 0.231. The summed E-state index contributed by atoms with van der Waals surface area (Å²) in [4.78, 5) is 0. The van der Waals surface area contributed by atoms with Gasteiger partial charge in [0.1, 0.15) is 0 Å². The molecule has 2 rings (SSSR count). The van der Waals surface area contributed by atoms with E-state index >= 15 is 0 Å². The Morgan fingerprint density at radius 1 is 1.46 bits per heavy atom. The molecule has 0 saturated heterocycles. The van der Waals surface area contributed by atoms with Crippen LogP contribution < -0.4 is 5.73 Å². The van der Waals surface area contributed by atoms with Crippen LogP contribution in [0.1, 0.15) is 30.0 Å². The van der Waals surface area contributed by atoms with Gasteiger partial charge in [0.2, 0.25) is 0 Å². The molecule has 70 valence electrons. The van der Waals surface area contributed by atoms with Crippen molar-refractivity contribution in [3.63, 3.8) is 0 Å². The standard InChI is InChI=1S/C11H14BrN/c1-7-2-5-9(10(12)6-7)11(13)8-3-4-8/h2,5-6,8,11H,3-4,13H2,1H3/t11-/m1/s1. The summed E-state index contributed by atoms with van der Waals surface area (Å²) in [7, 11) is 0. The highest BCUT2D eigenvalue weighted by atomic mass is 79.9. The van der Waals surface area contributed by atoms with Crippen molar-refractivity contribution in [3.05, 3.63) is 33.8 Å². The van der Waals surface area contributed by atoms with E-state index in [1.54, 1.807) is 0 Å². The molecular formula is C11H14BrN. The molecule has 1 fully saturated rings. The third kappa shape index (κ3) is 1.94. The van der Waals surface area contributed by atoms with Gasteiger partial charge in [-0.25, -0.2) is 0 Å². The van der Waals surface area contributed by atoms with Gasteiger partial charge in [-0.05, 0) is 42.9 Å². The van der Waals surface area contributed by atoms with E-state index in [-0.39, 0.29) is 6.04 Å². The molecule has 0 radical (unpaired) electrons. The van der Waals surface area contributed by atoms with E-state index in [4.69, 9.17) is 5.73 Å². The van der Waals surface area contributed by atoms with Gasteiger partial charge in [0, 0.05) is 10.5 Å². The van der Waals surface area contributed by atoms with Crippen LogP contribution in [0.25, 0.3) is 0 Å². The fourth-order valence-corrected chi connectivity index (χ4v) is 2.37. The van der Waals surface area contributed by atoms with E-state index in [0.717, 1.165) is 10.4 Å². The lowest BCUT2D eigenvalue weighted by Gasteiger charge is -2.13. The normalized spacial score (nSPS) is 18.7. The van der Waals surface area contributed by atoms with Gasteiger partial charge in [-0.3, -0.25) is 0 Å². The van der Waals surface area contributed by atoms with Crippen molar-refractivity contribution in [1.29, 1.82) is 0 Å². The van der Waals surface area contributed by atoms with E-state index in [9.17, 15) is 0 Å². The van der Waals surface area contributed by atoms with Gasteiger partial charge in [0.05, 0.1) is 0 Å². The second-order valence-corrected chi connectivity index (χ2v) is 4.74. The minimum atomic E-state index is 0.231. The van der Waals surface area contributed by atoms with Gasteiger partial charge in [0.25, 0.3) is 0 Å². The summed E-state index contributed by atoms with van der Waals surface area (Å²) in [6.07, 6.45) is 2.59. The highest BCUT2D eigenvalue weighted by Crippen LogP contribution is 2.41. The van der Waals surface area contributed by atoms with Gasteiger partial charge in [-0.15, -0.1) is 0 Å². The summed E-state index contributed by atoms with van der Waals surface area (Å²) in [5.74, 6) is 0.721. The second kappa shape index (κ2) is 3.43. The zero-order valence-electron chi connectivity index (χ0n) is 7.76. The Bertz CT molecular complexity index is 318. The van der Waals surface area contributed by atoms with Crippen LogP contribution in [-0.4, -0.2) is 0 Å². The number of halogens is 1. The predicted octanol–water partition coefficient (Wildman–Crippen LogP) is 3.17. The number of nitrogens with two attached hydrogens (primary N) is 1. The van der Waals surface area contributed by atoms with Crippen molar-refractivity contribution in [2.75, 3.05) is 0 Å². The second-order valence-electron chi connectivity index (χ2n) is 3.89. The highest BCUT2D eigenvalue weighted by Gasteiger charge is 2.30. The van der Waals surface area contributed by atoms with E-state index in [2.05, 4.69) is 41.1 Å². The first-order valence-electron chi connectivity index (χ1n) is 4.70. The topological polar surface area (TPSA) is 26.0 Å². The van der Waals surface area contributed by atoms with Crippen molar-refractivity contribution in [2.45, 2.75) is 25.8 Å². The van der Waals surface area contributed by atoms with Crippen LogP contribution in [0.5, 0.6) is 0 Å². The van der Waals surface area contributed by atoms with Crippen molar-refractivity contribution in [3.8, 4) is 0 Å².